The van der Waals surface area contributed by atoms with Crippen molar-refractivity contribution in [2.24, 2.45) is 5.92 Å². The lowest BCUT2D eigenvalue weighted by atomic mass is 9.90. The molecule has 1 heterocycles. The van der Waals surface area contributed by atoms with E-state index in [1.165, 1.54) is 43.2 Å². The fourth-order valence-corrected chi connectivity index (χ4v) is 4.65. The standard InChI is InChI=1S/C26H31N3OS/c1-3-7-21(8-4-1)19-30-26-12-11-23(18-28-24-13-15-27-16-14-24)17-25(26)29-31-20-22-9-5-2-6-10-22/h2,5-6,9-17,21,29H,1,3-4,7-8,18-20H2,(H,27,28). The predicted molar refractivity (Wildman–Crippen MR) is 131 cm³/mol. The summed E-state index contributed by atoms with van der Waals surface area (Å²) in [6.45, 7) is 1.57. The van der Waals surface area contributed by atoms with Crippen LogP contribution in [0.4, 0.5) is 11.4 Å². The smallest absolute Gasteiger partial charge is 0.143 e. The van der Waals surface area contributed by atoms with Crippen LogP contribution < -0.4 is 14.8 Å². The van der Waals surface area contributed by atoms with E-state index in [9.17, 15) is 0 Å². The Hall–Kier alpha value is -2.66. The van der Waals surface area contributed by atoms with Crippen LogP contribution >= 0.6 is 11.9 Å². The van der Waals surface area contributed by atoms with Gasteiger partial charge in [0.15, 0.2) is 0 Å². The third-order valence-corrected chi connectivity index (χ3v) is 6.53. The molecule has 162 valence electrons. The summed E-state index contributed by atoms with van der Waals surface area (Å²) in [6, 6.07) is 21.0. The van der Waals surface area contributed by atoms with Crippen LogP contribution in [0.5, 0.6) is 5.75 Å². The molecule has 0 atom stereocenters. The molecule has 1 aromatic heterocycles. The van der Waals surface area contributed by atoms with Crippen LogP contribution in [-0.2, 0) is 12.3 Å². The van der Waals surface area contributed by atoms with Crippen molar-refractivity contribution in [2.75, 3.05) is 16.6 Å². The normalized spacial score (nSPS) is 14.2. The number of rotatable bonds is 10. The first-order valence-corrected chi connectivity index (χ1v) is 12.2. The van der Waals surface area contributed by atoms with E-state index >= 15 is 0 Å². The van der Waals surface area contributed by atoms with Crippen molar-refractivity contribution < 1.29 is 4.74 Å². The van der Waals surface area contributed by atoms with Crippen LogP contribution in [0.25, 0.3) is 0 Å². The number of aromatic nitrogens is 1. The Morgan fingerprint density at radius 3 is 2.52 bits per heavy atom. The Labute approximate surface area is 190 Å². The van der Waals surface area contributed by atoms with Crippen LogP contribution in [0.15, 0.2) is 73.1 Å². The maximum absolute atomic E-state index is 6.29. The topological polar surface area (TPSA) is 46.2 Å². The molecule has 1 aliphatic rings. The number of hydrogen-bond donors (Lipinski definition) is 2. The Balaban J connectivity index is 1.40. The van der Waals surface area contributed by atoms with Crippen molar-refractivity contribution in [3.8, 4) is 5.75 Å². The first kappa shape index (κ1) is 21.6. The minimum Gasteiger partial charge on any atom is -0.491 e. The van der Waals surface area contributed by atoms with Crippen LogP contribution in [0.2, 0.25) is 0 Å². The Bertz CT molecular complexity index is 914. The molecule has 1 aliphatic carbocycles. The van der Waals surface area contributed by atoms with Crippen molar-refractivity contribution in [2.45, 2.75) is 44.4 Å². The third kappa shape index (κ3) is 6.93. The van der Waals surface area contributed by atoms with Crippen molar-refractivity contribution in [3.63, 3.8) is 0 Å². The van der Waals surface area contributed by atoms with Gasteiger partial charge in [0.2, 0.25) is 0 Å². The number of pyridine rings is 1. The average Bonchev–Trinajstić information content (AvgIpc) is 2.84. The molecule has 0 saturated heterocycles. The van der Waals surface area contributed by atoms with E-state index in [0.29, 0.717) is 5.92 Å². The molecular weight excluding hydrogens is 402 g/mol. The summed E-state index contributed by atoms with van der Waals surface area (Å²) in [5.41, 5.74) is 4.64. The molecule has 4 nitrogen and oxygen atoms in total. The van der Waals surface area contributed by atoms with Gasteiger partial charge in [-0.1, -0.05) is 55.7 Å². The number of anilines is 2. The lowest BCUT2D eigenvalue weighted by molar-refractivity contribution is 0.209. The molecule has 0 aliphatic heterocycles. The number of hydrogen-bond acceptors (Lipinski definition) is 5. The summed E-state index contributed by atoms with van der Waals surface area (Å²) in [5.74, 6) is 2.54. The van der Waals surface area contributed by atoms with Gasteiger partial charge in [0, 0.05) is 30.4 Å². The summed E-state index contributed by atoms with van der Waals surface area (Å²) in [5, 5.41) is 3.46. The molecular formula is C26H31N3OS. The minimum absolute atomic E-state index is 0.687. The van der Waals surface area contributed by atoms with E-state index in [1.54, 1.807) is 24.3 Å². The monoisotopic (exact) mass is 433 g/mol. The molecule has 2 N–H and O–H groups in total. The molecule has 3 aromatic rings. The molecule has 2 aromatic carbocycles. The van der Waals surface area contributed by atoms with Gasteiger partial charge in [-0.25, -0.2) is 0 Å². The summed E-state index contributed by atoms with van der Waals surface area (Å²) in [6.07, 6.45) is 10.2. The van der Waals surface area contributed by atoms with Gasteiger partial charge in [-0.3, -0.25) is 4.98 Å². The fraction of sp³-hybridized carbons (Fsp3) is 0.346. The van der Waals surface area contributed by atoms with Gasteiger partial charge in [0.1, 0.15) is 5.75 Å². The molecule has 4 rings (SSSR count). The maximum atomic E-state index is 6.29. The van der Waals surface area contributed by atoms with E-state index in [0.717, 1.165) is 36.0 Å². The van der Waals surface area contributed by atoms with Gasteiger partial charge in [0.05, 0.1) is 12.3 Å². The largest absolute Gasteiger partial charge is 0.491 e. The van der Waals surface area contributed by atoms with Crippen molar-refractivity contribution >= 4 is 23.3 Å². The molecule has 0 radical (unpaired) electrons. The fourth-order valence-electron chi connectivity index (χ4n) is 3.90. The van der Waals surface area contributed by atoms with Crippen molar-refractivity contribution in [3.05, 3.63) is 84.2 Å². The lowest BCUT2D eigenvalue weighted by Crippen LogP contribution is -2.15. The number of ether oxygens (including phenoxy) is 1. The number of nitrogens with one attached hydrogen (secondary N) is 2. The Morgan fingerprint density at radius 1 is 0.903 bits per heavy atom. The SMILES string of the molecule is c1ccc(CSNc2cc(CNc3ccncc3)ccc2OCC2CCCCC2)cc1. The highest BCUT2D eigenvalue weighted by Crippen LogP contribution is 2.31. The highest BCUT2D eigenvalue weighted by molar-refractivity contribution is 7.99. The first-order chi connectivity index (χ1) is 15.4. The zero-order valence-corrected chi connectivity index (χ0v) is 18.7. The lowest BCUT2D eigenvalue weighted by Gasteiger charge is -2.23. The average molecular weight is 434 g/mol. The van der Waals surface area contributed by atoms with E-state index in [4.69, 9.17) is 4.74 Å². The third-order valence-electron chi connectivity index (χ3n) is 5.68. The van der Waals surface area contributed by atoms with Crippen LogP contribution in [-0.4, -0.2) is 11.6 Å². The second-order valence-corrected chi connectivity index (χ2v) is 8.89. The summed E-state index contributed by atoms with van der Waals surface area (Å²) in [4.78, 5) is 4.07. The van der Waals surface area contributed by atoms with Gasteiger partial charge in [-0.05, 0) is 66.1 Å². The Kier molecular flexibility index (Phi) is 8.11. The maximum Gasteiger partial charge on any atom is 0.143 e. The summed E-state index contributed by atoms with van der Waals surface area (Å²) >= 11 is 1.70. The minimum atomic E-state index is 0.687. The van der Waals surface area contributed by atoms with E-state index in [1.807, 2.05) is 12.1 Å². The molecule has 0 amide bonds. The molecule has 5 heteroatoms. The summed E-state index contributed by atoms with van der Waals surface area (Å²) in [7, 11) is 0. The molecule has 1 saturated carbocycles. The van der Waals surface area contributed by atoms with Crippen LogP contribution in [0, 0.1) is 5.92 Å². The van der Waals surface area contributed by atoms with Gasteiger partial charge >= 0.3 is 0 Å². The highest BCUT2D eigenvalue weighted by Gasteiger charge is 2.15. The predicted octanol–water partition coefficient (Wildman–Crippen LogP) is 6.91. The van der Waals surface area contributed by atoms with Gasteiger partial charge < -0.3 is 14.8 Å². The molecule has 0 bridgehead atoms. The van der Waals surface area contributed by atoms with Crippen LogP contribution in [0.3, 0.4) is 0 Å². The van der Waals surface area contributed by atoms with E-state index in [2.05, 4.69) is 63.6 Å². The number of benzene rings is 2. The highest BCUT2D eigenvalue weighted by atomic mass is 32.2. The molecule has 1 fully saturated rings. The molecule has 0 spiro atoms. The zero-order valence-electron chi connectivity index (χ0n) is 17.9. The van der Waals surface area contributed by atoms with E-state index < -0.39 is 0 Å². The Morgan fingerprint density at radius 2 is 1.71 bits per heavy atom. The van der Waals surface area contributed by atoms with E-state index in [-0.39, 0.29) is 0 Å². The molecule has 0 unspecified atom stereocenters. The zero-order chi connectivity index (χ0) is 21.1. The van der Waals surface area contributed by atoms with Gasteiger partial charge in [0.25, 0.3) is 0 Å². The van der Waals surface area contributed by atoms with Gasteiger partial charge in [-0.15, -0.1) is 0 Å². The summed E-state index contributed by atoms with van der Waals surface area (Å²) < 4.78 is 9.83. The first-order valence-electron chi connectivity index (χ1n) is 11.2. The second-order valence-electron chi connectivity index (χ2n) is 8.11. The van der Waals surface area contributed by atoms with Gasteiger partial charge in [-0.2, -0.15) is 0 Å². The quantitative estimate of drug-likeness (QED) is 0.340. The van der Waals surface area contributed by atoms with Crippen molar-refractivity contribution in [1.82, 2.24) is 4.98 Å². The number of nitrogens with zero attached hydrogens (tertiary/aromatic N) is 1. The van der Waals surface area contributed by atoms with Crippen molar-refractivity contribution in [1.29, 1.82) is 0 Å². The van der Waals surface area contributed by atoms with Crippen LogP contribution in [0.1, 0.15) is 43.2 Å². The molecule has 31 heavy (non-hydrogen) atoms. The second kappa shape index (κ2) is 11.7.